The van der Waals surface area contributed by atoms with Crippen LogP contribution in [0, 0.1) is 0 Å². The van der Waals surface area contributed by atoms with E-state index in [9.17, 15) is 0 Å². The molecule has 9 heteroatoms. The second-order valence-corrected chi connectivity index (χ2v) is 6.76. The number of aliphatic imine (C=N–C) groups is 1. The summed E-state index contributed by atoms with van der Waals surface area (Å²) in [5.41, 5.74) is 0.990. The quantitative estimate of drug-likeness (QED) is 0.327. The van der Waals surface area contributed by atoms with E-state index >= 15 is 0 Å². The third-order valence-electron chi connectivity index (χ3n) is 3.54. The lowest BCUT2D eigenvalue weighted by Gasteiger charge is -2.17. The van der Waals surface area contributed by atoms with Gasteiger partial charge in [-0.3, -0.25) is 4.99 Å². The lowest BCUT2D eigenvalue weighted by Crippen LogP contribution is -2.41. The third-order valence-corrected chi connectivity index (χ3v) is 4.59. The van der Waals surface area contributed by atoms with Crippen LogP contribution >= 0.6 is 35.3 Å². The maximum absolute atomic E-state index is 5.88. The van der Waals surface area contributed by atoms with Crippen molar-refractivity contribution in [3.05, 3.63) is 35.3 Å². The van der Waals surface area contributed by atoms with Crippen LogP contribution in [0.15, 0.2) is 34.6 Å². The summed E-state index contributed by atoms with van der Waals surface area (Å²) in [6.07, 6.45) is -0.0124. The summed E-state index contributed by atoms with van der Waals surface area (Å²) in [5.74, 6) is 2.34. The van der Waals surface area contributed by atoms with E-state index in [0.29, 0.717) is 13.1 Å². The molecule has 0 bridgehead atoms. The molecular weight excluding hydrogens is 477 g/mol. The molecule has 27 heavy (non-hydrogen) atoms. The normalized spacial score (nSPS) is 12.0. The lowest BCUT2D eigenvalue weighted by molar-refractivity contribution is 0.223. The molecule has 0 fully saturated rings. The Balaban J connectivity index is 0.00000364. The van der Waals surface area contributed by atoms with Gasteiger partial charge in [-0.2, -0.15) is 0 Å². The largest absolute Gasteiger partial charge is 0.497 e. The molecule has 150 valence electrons. The molecule has 1 aromatic carbocycles. The van der Waals surface area contributed by atoms with Crippen LogP contribution in [0.2, 0.25) is 0 Å². The number of benzene rings is 1. The van der Waals surface area contributed by atoms with Crippen molar-refractivity contribution in [3.8, 4) is 11.5 Å². The Hall–Kier alpha value is -1.75. The summed E-state index contributed by atoms with van der Waals surface area (Å²) < 4.78 is 11.0. The molecule has 0 saturated carbocycles. The summed E-state index contributed by atoms with van der Waals surface area (Å²) in [6.45, 7) is 3.26. The molecule has 0 spiro atoms. The van der Waals surface area contributed by atoms with Crippen molar-refractivity contribution in [2.24, 2.45) is 4.99 Å². The average molecular weight is 505 g/mol. The highest BCUT2D eigenvalue weighted by Crippen LogP contribution is 2.18. The summed E-state index contributed by atoms with van der Waals surface area (Å²) in [6, 6.07) is 7.55. The van der Waals surface area contributed by atoms with E-state index < -0.39 is 0 Å². The first-order valence-corrected chi connectivity index (χ1v) is 9.26. The van der Waals surface area contributed by atoms with Gasteiger partial charge in [0.2, 0.25) is 0 Å². The number of nitrogens with zero attached hydrogens (tertiary/aromatic N) is 3. The minimum Gasteiger partial charge on any atom is -0.497 e. The second kappa shape index (κ2) is 11.9. The first-order chi connectivity index (χ1) is 12.5. The SMILES string of the molecule is CN=C(NCc1csc(N(C)C)n1)NCC(C)Oc1ccc(OC)cc1.I. The van der Waals surface area contributed by atoms with Gasteiger partial charge in [0.25, 0.3) is 0 Å². The van der Waals surface area contributed by atoms with Crippen molar-refractivity contribution in [3.63, 3.8) is 0 Å². The number of nitrogens with one attached hydrogen (secondary N) is 2. The van der Waals surface area contributed by atoms with Gasteiger partial charge in [-0.25, -0.2) is 4.98 Å². The highest BCUT2D eigenvalue weighted by atomic mass is 127. The first kappa shape index (κ1) is 23.3. The Morgan fingerprint density at radius 2 is 1.89 bits per heavy atom. The van der Waals surface area contributed by atoms with Gasteiger partial charge in [-0.05, 0) is 31.2 Å². The molecule has 0 aliphatic heterocycles. The third kappa shape index (κ3) is 7.79. The molecule has 0 aliphatic rings. The molecule has 0 amide bonds. The molecule has 0 saturated heterocycles. The summed E-state index contributed by atoms with van der Waals surface area (Å²) >= 11 is 1.62. The van der Waals surface area contributed by atoms with Crippen molar-refractivity contribution in [2.45, 2.75) is 19.6 Å². The highest BCUT2D eigenvalue weighted by Gasteiger charge is 2.08. The number of methoxy groups -OCH3 is 1. The Morgan fingerprint density at radius 1 is 1.22 bits per heavy atom. The Bertz CT molecular complexity index is 706. The Labute approximate surface area is 182 Å². The Kier molecular flexibility index (Phi) is 10.2. The van der Waals surface area contributed by atoms with Gasteiger partial charge in [0, 0.05) is 26.5 Å². The number of aromatic nitrogens is 1. The molecule has 1 heterocycles. The van der Waals surface area contributed by atoms with Gasteiger partial charge in [-0.15, -0.1) is 35.3 Å². The molecular formula is C18H28IN5O2S. The topological polar surface area (TPSA) is 71.0 Å². The molecule has 7 nitrogen and oxygen atoms in total. The molecule has 1 atom stereocenters. The zero-order valence-corrected chi connectivity index (χ0v) is 19.5. The van der Waals surface area contributed by atoms with Gasteiger partial charge >= 0.3 is 0 Å². The van der Waals surface area contributed by atoms with Crippen molar-refractivity contribution in [1.29, 1.82) is 0 Å². The van der Waals surface area contributed by atoms with E-state index in [1.165, 1.54) is 0 Å². The predicted octanol–water partition coefficient (Wildman–Crippen LogP) is 2.97. The zero-order chi connectivity index (χ0) is 18.9. The smallest absolute Gasteiger partial charge is 0.191 e. The van der Waals surface area contributed by atoms with E-state index in [1.54, 1.807) is 25.5 Å². The van der Waals surface area contributed by atoms with Gasteiger partial charge in [0.05, 0.1) is 25.9 Å². The van der Waals surface area contributed by atoms with Crippen molar-refractivity contribution < 1.29 is 9.47 Å². The van der Waals surface area contributed by atoms with E-state index in [2.05, 4.69) is 20.6 Å². The van der Waals surface area contributed by atoms with Crippen LogP contribution in [0.1, 0.15) is 12.6 Å². The van der Waals surface area contributed by atoms with Crippen LogP contribution < -0.4 is 25.0 Å². The fourth-order valence-electron chi connectivity index (χ4n) is 2.15. The molecule has 2 N–H and O–H groups in total. The number of halogens is 1. The maximum Gasteiger partial charge on any atom is 0.191 e. The molecule has 0 aliphatic carbocycles. The van der Waals surface area contributed by atoms with Crippen LogP contribution in [-0.4, -0.2) is 51.8 Å². The number of rotatable bonds is 8. The van der Waals surface area contributed by atoms with Crippen molar-refractivity contribution in [1.82, 2.24) is 15.6 Å². The van der Waals surface area contributed by atoms with Gasteiger partial charge in [0.15, 0.2) is 11.1 Å². The second-order valence-electron chi connectivity index (χ2n) is 5.93. The van der Waals surface area contributed by atoms with Crippen LogP contribution in [0.4, 0.5) is 5.13 Å². The van der Waals surface area contributed by atoms with E-state index in [-0.39, 0.29) is 30.1 Å². The lowest BCUT2D eigenvalue weighted by atomic mass is 10.3. The van der Waals surface area contributed by atoms with Crippen LogP contribution in [0.3, 0.4) is 0 Å². The molecule has 1 aromatic heterocycles. The van der Waals surface area contributed by atoms with Crippen LogP contribution in [-0.2, 0) is 6.54 Å². The standard InChI is InChI=1S/C18H27N5O2S.HI/c1-13(25-16-8-6-15(24-5)7-9-16)10-20-17(19-2)21-11-14-12-26-18(22-14)23(3)4;/h6-9,12-13H,10-11H2,1-5H3,(H2,19,20,21);1H. The minimum atomic E-state index is -0.0124. The van der Waals surface area contributed by atoms with Gasteiger partial charge < -0.3 is 25.0 Å². The number of guanidine groups is 1. The summed E-state index contributed by atoms with van der Waals surface area (Å²) in [7, 11) is 7.37. The molecule has 2 aromatic rings. The zero-order valence-electron chi connectivity index (χ0n) is 16.4. The van der Waals surface area contributed by atoms with Crippen LogP contribution in [0.5, 0.6) is 11.5 Å². The Morgan fingerprint density at radius 3 is 2.44 bits per heavy atom. The molecule has 2 rings (SSSR count). The average Bonchev–Trinajstić information content (AvgIpc) is 3.12. The molecule has 0 radical (unpaired) electrons. The molecule has 1 unspecified atom stereocenters. The van der Waals surface area contributed by atoms with Crippen molar-refractivity contribution in [2.75, 3.05) is 39.7 Å². The summed E-state index contributed by atoms with van der Waals surface area (Å²) in [5, 5.41) is 9.57. The predicted molar refractivity (Wildman–Crippen MR) is 123 cm³/mol. The fourth-order valence-corrected chi connectivity index (χ4v) is 2.90. The summed E-state index contributed by atoms with van der Waals surface area (Å²) in [4.78, 5) is 10.8. The minimum absolute atomic E-state index is 0. The number of hydrogen-bond donors (Lipinski definition) is 2. The van der Waals surface area contributed by atoms with Crippen LogP contribution in [0.25, 0.3) is 0 Å². The fraction of sp³-hybridized carbons (Fsp3) is 0.444. The van der Waals surface area contributed by atoms with E-state index in [4.69, 9.17) is 9.47 Å². The number of thiazole rings is 1. The van der Waals surface area contributed by atoms with Crippen molar-refractivity contribution >= 4 is 46.4 Å². The highest BCUT2D eigenvalue weighted by molar-refractivity contribution is 14.0. The number of ether oxygens (including phenoxy) is 2. The number of hydrogen-bond acceptors (Lipinski definition) is 6. The maximum atomic E-state index is 5.88. The van der Waals surface area contributed by atoms with Gasteiger partial charge in [-0.1, -0.05) is 0 Å². The number of anilines is 1. The first-order valence-electron chi connectivity index (χ1n) is 8.38. The monoisotopic (exact) mass is 505 g/mol. The van der Waals surface area contributed by atoms with Gasteiger partial charge in [0.1, 0.15) is 17.6 Å². The van der Waals surface area contributed by atoms with E-state index in [1.807, 2.05) is 55.6 Å². The van der Waals surface area contributed by atoms with E-state index in [0.717, 1.165) is 28.3 Å².